The molecule has 0 saturated heterocycles. The number of hydrogen-bond donors (Lipinski definition) is 0. The van der Waals surface area contributed by atoms with E-state index in [0.29, 0.717) is 18.8 Å². The Hall–Kier alpha value is -1.68. The van der Waals surface area contributed by atoms with Crippen LogP contribution < -0.4 is 0 Å². The monoisotopic (exact) mass is 317 g/mol. The van der Waals surface area contributed by atoms with E-state index in [1.165, 1.54) is 43.3 Å². The molecule has 0 unspecified atom stereocenters. The molecule has 0 bridgehead atoms. The van der Waals surface area contributed by atoms with Crippen molar-refractivity contribution in [2.24, 2.45) is 0 Å². The number of unbranched alkanes of at least 4 members (excludes halogenated alkanes) is 1. The molecule has 1 aromatic rings. The van der Waals surface area contributed by atoms with Crippen LogP contribution in [0.4, 0.5) is 0 Å². The summed E-state index contributed by atoms with van der Waals surface area (Å²) < 4.78 is 10.1. The number of rotatable bonds is 8. The largest absolute Gasteiger partial charge is 0.466 e. The molecule has 0 aromatic carbocycles. The van der Waals surface area contributed by atoms with Gasteiger partial charge in [-0.15, -0.1) is 0 Å². The van der Waals surface area contributed by atoms with Gasteiger partial charge in [0.2, 0.25) is 0 Å². The van der Waals surface area contributed by atoms with Crippen LogP contribution in [0.25, 0.3) is 0 Å². The highest BCUT2D eigenvalue weighted by Crippen LogP contribution is 2.20. The number of methoxy groups -OCH3 is 1. The van der Waals surface area contributed by atoms with Gasteiger partial charge in [-0.25, -0.2) is 4.79 Å². The SMILES string of the molecule is COC(=O)/C(C)=C\COCCCCc1ccc2c(n1)CCCC2. The number of hydrogen-bond acceptors (Lipinski definition) is 4. The molecule has 2 rings (SSSR count). The van der Waals surface area contributed by atoms with Gasteiger partial charge in [0, 0.05) is 23.6 Å². The van der Waals surface area contributed by atoms with E-state index in [1.807, 2.05) is 0 Å². The average Bonchev–Trinajstić information content (AvgIpc) is 2.59. The maximum atomic E-state index is 11.2. The minimum absolute atomic E-state index is 0.299. The third-order valence-electron chi connectivity index (χ3n) is 4.22. The van der Waals surface area contributed by atoms with Crippen LogP contribution in [0.1, 0.15) is 49.6 Å². The predicted octanol–water partition coefficient (Wildman–Crippen LogP) is 3.42. The molecule has 1 heterocycles. The van der Waals surface area contributed by atoms with E-state index >= 15 is 0 Å². The molecule has 1 aliphatic rings. The van der Waals surface area contributed by atoms with Crippen molar-refractivity contribution in [1.29, 1.82) is 0 Å². The van der Waals surface area contributed by atoms with Crippen molar-refractivity contribution >= 4 is 5.97 Å². The average molecular weight is 317 g/mol. The first kappa shape index (κ1) is 17.7. The van der Waals surface area contributed by atoms with Crippen molar-refractivity contribution < 1.29 is 14.3 Å². The second kappa shape index (κ2) is 9.46. The summed E-state index contributed by atoms with van der Waals surface area (Å²) in [5.41, 5.74) is 4.54. The van der Waals surface area contributed by atoms with Crippen molar-refractivity contribution in [3.05, 3.63) is 40.7 Å². The zero-order valence-corrected chi connectivity index (χ0v) is 14.3. The summed E-state index contributed by atoms with van der Waals surface area (Å²) >= 11 is 0. The Labute approximate surface area is 138 Å². The van der Waals surface area contributed by atoms with E-state index in [-0.39, 0.29) is 5.97 Å². The lowest BCUT2D eigenvalue weighted by Gasteiger charge is -2.15. The second-order valence-corrected chi connectivity index (χ2v) is 6.03. The van der Waals surface area contributed by atoms with Crippen LogP contribution in [0, 0.1) is 0 Å². The van der Waals surface area contributed by atoms with E-state index in [1.54, 1.807) is 13.0 Å². The molecule has 0 aliphatic heterocycles. The first-order valence-corrected chi connectivity index (χ1v) is 8.51. The lowest BCUT2D eigenvalue weighted by molar-refractivity contribution is -0.136. The van der Waals surface area contributed by atoms with Gasteiger partial charge in [-0.05, 0) is 69.6 Å². The molecular weight excluding hydrogens is 290 g/mol. The first-order valence-electron chi connectivity index (χ1n) is 8.51. The fourth-order valence-corrected chi connectivity index (χ4v) is 2.79. The Morgan fingerprint density at radius 3 is 2.91 bits per heavy atom. The zero-order valence-electron chi connectivity index (χ0n) is 14.3. The number of ether oxygens (including phenoxy) is 2. The Morgan fingerprint density at radius 2 is 2.09 bits per heavy atom. The molecule has 0 atom stereocenters. The summed E-state index contributed by atoms with van der Waals surface area (Å²) in [6, 6.07) is 4.43. The van der Waals surface area contributed by atoms with Gasteiger partial charge in [-0.3, -0.25) is 4.98 Å². The van der Waals surface area contributed by atoms with E-state index in [4.69, 9.17) is 9.72 Å². The van der Waals surface area contributed by atoms with Crippen molar-refractivity contribution in [3.63, 3.8) is 0 Å². The highest BCUT2D eigenvalue weighted by atomic mass is 16.5. The Morgan fingerprint density at radius 1 is 1.26 bits per heavy atom. The van der Waals surface area contributed by atoms with Gasteiger partial charge in [0.25, 0.3) is 0 Å². The maximum absolute atomic E-state index is 11.2. The third kappa shape index (κ3) is 5.79. The van der Waals surface area contributed by atoms with Gasteiger partial charge < -0.3 is 9.47 Å². The van der Waals surface area contributed by atoms with Crippen LogP contribution >= 0.6 is 0 Å². The van der Waals surface area contributed by atoms with Crippen LogP contribution in [0.3, 0.4) is 0 Å². The number of esters is 1. The normalized spacial score (nSPS) is 14.4. The molecule has 0 saturated carbocycles. The number of carbonyl (C=O) groups is 1. The summed E-state index contributed by atoms with van der Waals surface area (Å²) in [7, 11) is 1.38. The van der Waals surface area contributed by atoms with Crippen molar-refractivity contribution in [2.45, 2.75) is 51.9 Å². The quantitative estimate of drug-likeness (QED) is 0.419. The molecule has 0 N–H and O–H groups in total. The number of aromatic nitrogens is 1. The van der Waals surface area contributed by atoms with Gasteiger partial charge in [0.1, 0.15) is 0 Å². The minimum atomic E-state index is -0.299. The standard InChI is InChI=1S/C19H27NO3/c1-15(19(21)22-2)12-14-23-13-6-5-8-17-11-10-16-7-3-4-9-18(16)20-17/h10-12H,3-9,13-14H2,1-2H3/b15-12-. The molecule has 4 nitrogen and oxygen atoms in total. The van der Waals surface area contributed by atoms with Crippen LogP contribution in [0.2, 0.25) is 0 Å². The van der Waals surface area contributed by atoms with E-state index in [0.717, 1.165) is 25.7 Å². The second-order valence-electron chi connectivity index (χ2n) is 6.03. The zero-order chi connectivity index (χ0) is 16.5. The molecule has 4 heteroatoms. The molecule has 0 fully saturated rings. The number of nitrogens with zero attached hydrogens (tertiary/aromatic N) is 1. The number of aryl methyl sites for hydroxylation is 3. The van der Waals surface area contributed by atoms with Crippen molar-refractivity contribution in [1.82, 2.24) is 4.98 Å². The first-order chi connectivity index (χ1) is 11.2. The molecule has 1 aliphatic carbocycles. The van der Waals surface area contributed by atoms with Gasteiger partial charge >= 0.3 is 5.97 Å². The molecule has 126 valence electrons. The third-order valence-corrected chi connectivity index (χ3v) is 4.22. The smallest absolute Gasteiger partial charge is 0.333 e. The van der Waals surface area contributed by atoms with Crippen LogP contribution in [0.5, 0.6) is 0 Å². The summed E-state index contributed by atoms with van der Waals surface area (Å²) in [4.78, 5) is 16.0. The molecule has 23 heavy (non-hydrogen) atoms. The topological polar surface area (TPSA) is 48.4 Å². The lowest BCUT2D eigenvalue weighted by Crippen LogP contribution is -2.07. The fraction of sp³-hybridized carbons (Fsp3) is 0.579. The highest BCUT2D eigenvalue weighted by Gasteiger charge is 2.10. The molecular formula is C19H27NO3. The van der Waals surface area contributed by atoms with Crippen LogP contribution in [-0.4, -0.2) is 31.3 Å². The van der Waals surface area contributed by atoms with E-state index in [2.05, 4.69) is 16.9 Å². The molecule has 0 spiro atoms. The van der Waals surface area contributed by atoms with Gasteiger partial charge in [-0.2, -0.15) is 0 Å². The van der Waals surface area contributed by atoms with Gasteiger partial charge in [0.15, 0.2) is 0 Å². The number of fused-ring (bicyclic) bond motifs is 1. The highest BCUT2D eigenvalue weighted by molar-refractivity contribution is 5.87. The van der Waals surface area contributed by atoms with Crippen LogP contribution in [-0.2, 0) is 33.5 Å². The Balaban J connectivity index is 1.61. The number of pyridine rings is 1. The maximum Gasteiger partial charge on any atom is 0.333 e. The van der Waals surface area contributed by atoms with Gasteiger partial charge in [0.05, 0.1) is 13.7 Å². The summed E-state index contributed by atoms with van der Waals surface area (Å²) in [5, 5.41) is 0. The Bertz CT molecular complexity index is 552. The lowest BCUT2D eigenvalue weighted by atomic mass is 9.95. The molecule has 0 radical (unpaired) electrons. The minimum Gasteiger partial charge on any atom is -0.466 e. The van der Waals surface area contributed by atoms with Crippen molar-refractivity contribution in [3.8, 4) is 0 Å². The van der Waals surface area contributed by atoms with Crippen molar-refractivity contribution in [2.75, 3.05) is 20.3 Å². The van der Waals surface area contributed by atoms with Gasteiger partial charge in [-0.1, -0.05) is 6.07 Å². The predicted molar refractivity (Wildman–Crippen MR) is 90.4 cm³/mol. The van der Waals surface area contributed by atoms with Crippen LogP contribution in [0.15, 0.2) is 23.8 Å². The summed E-state index contributed by atoms with van der Waals surface area (Å²) in [5.74, 6) is -0.299. The summed E-state index contributed by atoms with van der Waals surface area (Å²) in [6.07, 6.45) is 9.75. The fourth-order valence-electron chi connectivity index (χ4n) is 2.79. The van der Waals surface area contributed by atoms with E-state index < -0.39 is 0 Å². The number of carbonyl (C=O) groups excluding carboxylic acids is 1. The molecule has 0 amide bonds. The summed E-state index contributed by atoms with van der Waals surface area (Å²) in [6.45, 7) is 2.89. The molecule has 1 aromatic heterocycles. The Kier molecular flexibility index (Phi) is 7.27. The van der Waals surface area contributed by atoms with E-state index in [9.17, 15) is 4.79 Å².